The van der Waals surface area contributed by atoms with Crippen LogP contribution >= 0.6 is 0 Å². The second-order valence-corrected chi connectivity index (χ2v) is 6.49. The number of amides is 2. The fraction of sp³-hybridized carbons (Fsp3) is 0.857. The molecule has 0 fully saturated rings. The van der Waals surface area contributed by atoms with Crippen LogP contribution in [0.3, 0.4) is 0 Å². The first-order valence-electron chi connectivity index (χ1n) is 6.97. The molecule has 0 radical (unpaired) electrons. The molecule has 6 nitrogen and oxygen atoms in total. The van der Waals surface area contributed by atoms with Gasteiger partial charge in [-0.2, -0.15) is 0 Å². The summed E-state index contributed by atoms with van der Waals surface area (Å²) in [6, 6.07) is -0.199. The molecule has 2 amide bonds. The lowest BCUT2D eigenvalue weighted by molar-refractivity contribution is -0.146. The molecule has 0 heterocycles. The molecule has 2 N–H and O–H groups in total. The van der Waals surface area contributed by atoms with Gasteiger partial charge in [0.2, 0.25) is 0 Å². The van der Waals surface area contributed by atoms with Gasteiger partial charge in [-0.05, 0) is 33.9 Å². The molecule has 0 saturated carbocycles. The van der Waals surface area contributed by atoms with Crippen LogP contribution in [0.5, 0.6) is 0 Å². The Bertz CT molecular complexity index is 328. The normalized spacial score (nSPS) is 11.8. The van der Waals surface area contributed by atoms with E-state index >= 15 is 0 Å². The third-order valence-corrected chi connectivity index (χ3v) is 2.95. The number of likely N-dealkylation sites (N-methyl/N-ethyl adjacent to an activating group) is 1. The quantitative estimate of drug-likeness (QED) is 0.706. The lowest BCUT2D eigenvalue weighted by Gasteiger charge is -2.28. The molecule has 0 atom stereocenters. The number of hydrogen-bond acceptors (Lipinski definition) is 3. The van der Waals surface area contributed by atoms with Gasteiger partial charge in [-0.1, -0.05) is 13.8 Å². The van der Waals surface area contributed by atoms with Gasteiger partial charge in [-0.25, -0.2) is 4.79 Å². The Kier molecular flexibility index (Phi) is 7.57. The van der Waals surface area contributed by atoms with Crippen molar-refractivity contribution < 1.29 is 14.7 Å². The first-order valence-corrected chi connectivity index (χ1v) is 6.97. The minimum atomic E-state index is -0.958. The molecular formula is C14H29N3O3. The van der Waals surface area contributed by atoms with Gasteiger partial charge < -0.3 is 20.2 Å². The first-order chi connectivity index (χ1) is 9.06. The molecule has 0 aromatic rings. The minimum absolute atomic E-state index is 0.123. The average Bonchev–Trinajstić information content (AvgIpc) is 2.30. The van der Waals surface area contributed by atoms with Crippen molar-refractivity contribution in [3.8, 4) is 0 Å². The topological polar surface area (TPSA) is 72.9 Å². The largest absolute Gasteiger partial charge is 0.481 e. The predicted molar refractivity (Wildman–Crippen MR) is 79.8 cm³/mol. The van der Waals surface area contributed by atoms with Crippen molar-refractivity contribution in [1.29, 1.82) is 0 Å². The summed E-state index contributed by atoms with van der Waals surface area (Å²) in [5.41, 5.74) is -0.958. The molecule has 0 bridgehead atoms. The molecule has 0 spiro atoms. The van der Waals surface area contributed by atoms with Crippen LogP contribution in [0.15, 0.2) is 0 Å². The molecular weight excluding hydrogens is 258 g/mol. The lowest BCUT2D eigenvalue weighted by Crippen LogP contribution is -2.48. The Hall–Kier alpha value is -1.30. The summed E-state index contributed by atoms with van der Waals surface area (Å²) >= 11 is 0. The molecule has 0 unspecified atom stereocenters. The maximum absolute atomic E-state index is 12.2. The van der Waals surface area contributed by atoms with Crippen molar-refractivity contribution >= 4 is 12.0 Å². The Balaban J connectivity index is 4.50. The van der Waals surface area contributed by atoms with Crippen LogP contribution in [-0.4, -0.2) is 67.2 Å². The van der Waals surface area contributed by atoms with Crippen molar-refractivity contribution in [1.82, 2.24) is 15.1 Å². The van der Waals surface area contributed by atoms with Gasteiger partial charge in [0.1, 0.15) is 0 Å². The van der Waals surface area contributed by atoms with Crippen molar-refractivity contribution in [3.63, 3.8) is 0 Å². The zero-order valence-corrected chi connectivity index (χ0v) is 13.6. The van der Waals surface area contributed by atoms with Crippen LogP contribution in [0.25, 0.3) is 0 Å². The van der Waals surface area contributed by atoms with Gasteiger partial charge in [0.05, 0.1) is 5.41 Å². The van der Waals surface area contributed by atoms with Crippen LogP contribution in [0.2, 0.25) is 0 Å². The van der Waals surface area contributed by atoms with Crippen molar-refractivity contribution in [2.75, 3.05) is 40.3 Å². The second kappa shape index (κ2) is 8.09. The summed E-state index contributed by atoms with van der Waals surface area (Å²) < 4.78 is 0. The number of hydrogen-bond donors (Lipinski definition) is 2. The van der Waals surface area contributed by atoms with Gasteiger partial charge in [-0.3, -0.25) is 4.79 Å². The van der Waals surface area contributed by atoms with Crippen LogP contribution in [0.1, 0.15) is 27.7 Å². The number of carboxylic acids is 1. The number of aliphatic carboxylic acids is 1. The Morgan fingerprint density at radius 3 is 2.15 bits per heavy atom. The molecule has 0 aliphatic carbocycles. The zero-order chi connectivity index (χ0) is 15.9. The summed E-state index contributed by atoms with van der Waals surface area (Å²) in [5, 5.41) is 11.8. The summed E-state index contributed by atoms with van der Waals surface area (Å²) in [6.07, 6.45) is 0. The lowest BCUT2D eigenvalue weighted by atomic mass is 9.94. The Morgan fingerprint density at radius 2 is 1.75 bits per heavy atom. The fourth-order valence-electron chi connectivity index (χ4n) is 1.52. The van der Waals surface area contributed by atoms with E-state index in [0.717, 1.165) is 6.54 Å². The van der Waals surface area contributed by atoms with E-state index in [0.29, 0.717) is 19.0 Å². The number of nitrogens with one attached hydrogen (secondary N) is 1. The molecule has 118 valence electrons. The van der Waals surface area contributed by atoms with E-state index in [-0.39, 0.29) is 12.6 Å². The standard InChI is InChI=1S/C14H29N3O3/c1-11(2)9-17(8-7-16(5)6)13(20)15-10-14(3,4)12(18)19/h11H,7-10H2,1-6H3,(H,15,20)(H,18,19). The number of carbonyl (C=O) groups excluding carboxylic acids is 1. The fourth-order valence-corrected chi connectivity index (χ4v) is 1.52. The molecule has 6 heteroatoms. The van der Waals surface area contributed by atoms with Gasteiger partial charge >= 0.3 is 12.0 Å². The van der Waals surface area contributed by atoms with E-state index in [1.165, 1.54) is 0 Å². The van der Waals surface area contributed by atoms with Gasteiger partial charge in [0.15, 0.2) is 0 Å². The number of urea groups is 1. The van der Waals surface area contributed by atoms with Crippen molar-refractivity contribution in [2.45, 2.75) is 27.7 Å². The van der Waals surface area contributed by atoms with E-state index < -0.39 is 11.4 Å². The molecule has 0 aromatic heterocycles. The molecule has 20 heavy (non-hydrogen) atoms. The van der Waals surface area contributed by atoms with E-state index in [1.807, 2.05) is 19.0 Å². The first kappa shape index (κ1) is 18.7. The number of carbonyl (C=O) groups is 2. The summed E-state index contributed by atoms with van der Waals surface area (Å²) in [5.74, 6) is -0.545. The smallest absolute Gasteiger partial charge is 0.317 e. The molecule has 0 aliphatic heterocycles. The summed E-state index contributed by atoms with van der Waals surface area (Å²) in [4.78, 5) is 26.9. The third kappa shape index (κ3) is 7.33. The third-order valence-electron chi connectivity index (χ3n) is 2.95. The van der Waals surface area contributed by atoms with E-state index in [4.69, 9.17) is 5.11 Å². The average molecular weight is 287 g/mol. The Morgan fingerprint density at radius 1 is 1.20 bits per heavy atom. The van der Waals surface area contributed by atoms with Gasteiger partial charge in [-0.15, -0.1) is 0 Å². The monoisotopic (exact) mass is 287 g/mol. The second-order valence-electron chi connectivity index (χ2n) is 6.49. The number of rotatable bonds is 8. The van der Waals surface area contributed by atoms with E-state index in [1.54, 1.807) is 18.7 Å². The van der Waals surface area contributed by atoms with E-state index in [2.05, 4.69) is 19.2 Å². The highest BCUT2D eigenvalue weighted by Crippen LogP contribution is 2.13. The highest BCUT2D eigenvalue weighted by atomic mass is 16.4. The van der Waals surface area contributed by atoms with Crippen LogP contribution in [0.4, 0.5) is 4.79 Å². The SMILES string of the molecule is CC(C)CN(CCN(C)C)C(=O)NCC(C)(C)C(=O)O. The van der Waals surface area contributed by atoms with Crippen LogP contribution < -0.4 is 5.32 Å². The molecule has 0 rings (SSSR count). The zero-order valence-electron chi connectivity index (χ0n) is 13.6. The highest BCUT2D eigenvalue weighted by Gasteiger charge is 2.28. The molecule has 0 saturated heterocycles. The molecule has 0 aromatic carbocycles. The number of carboxylic acid groups (broad SMARTS) is 1. The van der Waals surface area contributed by atoms with Crippen molar-refractivity contribution in [2.24, 2.45) is 11.3 Å². The van der Waals surface area contributed by atoms with E-state index in [9.17, 15) is 9.59 Å². The van der Waals surface area contributed by atoms with Gasteiger partial charge in [0.25, 0.3) is 0 Å². The maximum Gasteiger partial charge on any atom is 0.317 e. The maximum atomic E-state index is 12.2. The van der Waals surface area contributed by atoms with Crippen molar-refractivity contribution in [3.05, 3.63) is 0 Å². The van der Waals surface area contributed by atoms with Crippen LogP contribution in [0, 0.1) is 11.3 Å². The predicted octanol–water partition coefficient (Wildman–Crippen LogP) is 1.33. The Labute approximate surface area is 122 Å². The minimum Gasteiger partial charge on any atom is -0.481 e. The highest BCUT2D eigenvalue weighted by molar-refractivity contribution is 5.77. The summed E-state index contributed by atoms with van der Waals surface area (Å²) in [7, 11) is 3.91. The van der Waals surface area contributed by atoms with Crippen LogP contribution in [-0.2, 0) is 4.79 Å². The number of nitrogens with zero attached hydrogens (tertiary/aromatic N) is 2. The summed E-state index contributed by atoms with van der Waals surface area (Å²) in [6.45, 7) is 9.50. The van der Waals surface area contributed by atoms with Gasteiger partial charge in [0, 0.05) is 26.2 Å². The molecule has 0 aliphatic rings.